The number of nitrogens with one attached hydrogen (secondary N) is 1. The highest BCUT2D eigenvalue weighted by atomic mass is 32.2. The van der Waals surface area contributed by atoms with Crippen molar-refractivity contribution in [2.24, 2.45) is 0 Å². The molecule has 1 atom stereocenters. The van der Waals surface area contributed by atoms with Gasteiger partial charge in [0, 0.05) is 12.2 Å². The maximum atomic E-state index is 12.4. The molecule has 8 nitrogen and oxygen atoms in total. The Labute approximate surface area is 162 Å². The molecule has 0 aliphatic rings. The van der Waals surface area contributed by atoms with Crippen molar-refractivity contribution < 1.29 is 4.79 Å². The second kappa shape index (κ2) is 7.83. The van der Waals surface area contributed by atoms with Crippen molar-refractivity contribution in [2.75, 3.05) is 5.84 Å². The van der Waals surface area contributed by atoms with Crippen molar-refractivity contribution in [3.8, 4) is 5.95 Å². The number of nitrogens with zero attached hydrogens (tertiary/aromatic N) is 5. The number of amides is 1. The second-order valence-electron chi connectivity index (χ2n) is 6.45. The van der Waals surface area contributed by atoms with Crippen molar-refractivity contribution in [2.45, 2.75) is 44.6 Å². The summed E-state index contributed by atoms with van der Waals surface area (Å²) in [6, 6.07) is 9.99. The minimum Gasteiger partial charge on any atom is -0.351 e. The lowest BCUT2D eigenvalue weighted by Crippen LogP contribution is -2.31. The molecule has 142 valence electrons. The van der Waals surface area contributed by atoms with Crippen LogP contribution in [0.4, 0.5) is 0 Å². The molecule has 2 aromatic heterocycles. The zero-order chi connectivity index (χ0) is 19.6. The highest BCUT2D eigenvalue weighted by molar-refractivity contribution is 8.00. The first-order chi connectivity index (χ1) is 12.8. The summed E-state index contributed by atoms with van der Waals surface area (Å²) in [5, 5.41) is 15.6. The standard InChI is InChI=1S/C18H23N7OS/c1-11-5-7-15(8-6-11)10-20-16(26)14(4)27-18-22-21-17(24(18)19)25-13(3)9-12(2)23-25/h5-9,14H,10,19H2,1-4H3,(H,20,26)/t14-/m1/s1. The number of aryl methyl sites for hydroxylation is 3. The molecule has 2 heterocycles. The number of nitrogens with two attached hydrogens (primary N) is 1. The van der Waals surface area contributed by atoms with Gasteiger partial charge in [-0.15, -0.1) is 10.2 Å². The Morgan fingerprint density at radius 2 is 1.93 bits per heavy atom. The normalized spacial score (nSPS) is 12.1. The van der Waals surface area contributed by atoms with Crippen LogP contribution in [-0.4, -0.2) is 35.8 Å². The van der Waals surface area contributed by atoms with Gasteiger partial charge in [-0.1, -0.05) is 41.6 Å². The Balaban J connectivity index is 1.63. The first-order valence-electron chi connectivity index (χ1n) is 8.59. The van der Waals surface area contributed by atoms with E-state index < -0.39 is 0 Å². The Kier molecular flexibility index (Phi) is 5.50. The monoisotopic (exact) mass is 385 g/mol. The minimum atomic E-state index is -0.366. The largest absolute Gasteiger partial charge is 0.351 e. The van der Waals surface area contributed by atoms with Crippen LogP contribution >= 0.6 is 11.8 Å². The molecule has 0 aliphatic heterocycles. The van der Waals surface area contributed by atoms with Gasteiger partial charge in [0.1, 0.15) is 0 Å². The van der Waals surface area contributed by atoms with Gasteiger partial charge in [-0.3, -0.25) is 4.79 Å². The van der Waals surface area contributed by atoms with E-state index in [1.165, 1.54) is 22.0 Å². The first kappa shape index (κ1) is 19.0. The van der Waals surface area contributed by atoms with Crippen molar-refractivity contribution in [1.29, 1.82) is 0 Å². The molecule has 0 bridgehead atoms. The lowest BCUT2D eigenvalue weighted by Gasteiger charge is -2.12. The third kappa shape index (κ3) is 4.30. The molecule has 1 aromatic carbocycles. The summed E-state index contributed by atoms with van der Waals surface area (Å²) in [7, 11) is 0. The van der Waals surface area contributed by atoms with E-state index in [2.05, 4.69) is 20.6 Å². The summed E-state index contributed by atoms with van der Waals surface area (Å²) in [4.78, 5) is 12.4. The summed E-state index contributed by atoms with van der Waals surface area (Å²) in [6.07, 6.45) is 0. The molecule has 0 unspecified atom stereocenters. The topological polar surface area (TPSA) is 104 Å². The van der Waals surface area contributed by atoms with Crippen LogP contribution in [0.3, 0.4) is 0 Å². The minimum absolute atomic E-state index is 0.0868. The van der Waals surface area contributed by atoms with E-state index in [9.17, 15) is 4.79 Å². The summed E-state index contributed by atoms with van der Waals surface area (Å²) in [5.41, 5.74) is 4.02. The van der Waals surface area contributed by atoms with Gasteiger partial charge in [-0.25, -0.2) is 9.36 Å². The van der Waals surface area contributed by atoms with Gasteiger partial charge >= 0.3 is 0 Å². The molecule has 0 aliphatic carbocycles. The van der Waals surface area contributed by atoms with E-state index in [0.29, 0.717) is 17.6 Å². The number of nitrogen functional groups attached to an aromatic ring is 1. The molecular formula is C18H23N7OS. The molecular weight excluding hydrogens is 362 g/mol. The SMILES string of the molecule is Cc1ccc(CNC(=O)[C@@H](C)Sc2nnc(-n3nc(C)cc3C)n2N)cc1. The van der Waals surface area contributed by atoms with Crippen molar-refractivity contribution in [3.63, 3.8) is 0 Å². The predicted octanol–water partition coefficient (Wildman–Crippen LogP) is 1.90. The van der Waals surface area contributed by atoms with Gasteiger partial charge < -0.3 is 11.2 Å². The van der Waals surface area contributed by atoms with Gasteiger partial charge in [-0.05, 0) is 39.3 Å². The van der Waals surface area contributed by atoms with E-state index in [0.717, 1.165) is 17.0 Å². The van der Waals surface area contributed by atoms with Crippen molar-refractivity contribution in [3.05, 3.63) is 52.8 Å². The summed E-state index contributed by atoms with van der Waals surface area (Å²) in [5.74, 6) is 6.44. The number of carbonyl (C=O) groups is 1. The number of rotatable bonds is 6. The van der Waals surface area contributed by atoms with Gasteiger partial charge in [0.15, 0.2) is 0 Å². The Hall–Kier alpha value is -2.81. The fourth-order valence-electron chi connectivity index (χ4n) is 2.58. The van der Waals surface area contributed by atoms with Crippen LogP contribution in [0.5, 0.6) is 0 Å². The van der Waals surface area contributed by atoms with Gasteiger partial charge in [0.25, 0.3) is 5.95 Å². The summed E-state index contributed by atoms with van der Waals surface area (Å²) >= 11 is 1.26. The molecule has 3 aromatic rings. The molecule has 3 N–H and O–H groups in total. The molecule has 0 saturated carbocycles. The van der Waals surface area contributed by atoms with Crippen molar-refractivity contribution >= 4 is 17.7 Å². The quantitative estimate of drug-likeness (QED) is 0.496. The van der Waals surface area contributed by atoms with Crippen LogP contribution < -0.4 is 11.2 Å². The molecule has 27 heavy (non-hydrogen) atoms. The van der Waals surface area contributed by atoms with Crippen LogP contribution in [0.25, 0.3) is 5.95 Å². The average molecular weight is 385 g/mol. The summed E-state index contributed by atoms with van der Waals surface area (Å²) < 4.78 is 2.99. The molecule has 9 heteroatoms. The lowest BCUT2D eigenvalue weighted by atomic mass is 10.1. The highest BCUT2D eigenvalue weighted by Gasteiger charge is 2.20. The smallest absolute Gasteiger partial charge is 0.271 e. The molecule has 0 fully saturated rings. The Bertz CT molecular complexity index is 945. The number of aromatic nitrogens is 5. The van der Waals surface area contributed by atoms with E-state index in [1.54, 1.807) is 4.68 Å². The molecule has 0 spiro atoms. The second-order valence-corrected chi connectivity index (χ2v) is 7.76. The lowest BCUT2D eigenvalue weighted by molar-refractivity contribution is -0.120. The third-order valence-corrected chi connectivity index (χ3v) is 5.14. The summed E-state index contributed by atoms with van der Waals surface area (Å²) in [6.45, 7) is 8.15. The number of carbonyl (C=O) groups excluding carboxylic acids is 1. The van der Waals surface area contributed by atoms with Crippen LogP contribution in [0, 0.1) is 20.8 Å². The van der Waals surface area contributed by atoms with Crippen LogP contribution in [-0.2, 0) is 11.3 Å². The van der Waals surface area contributed by atoms with Crippen LogP contribution in [0.15, 0.2) is 35.5 Å². The number of hydrogen-bond donors (Lipinski definition) is 2. The van der Waals surface area contributed by atoms with Crippen LogP contribution in [0.1, 0.15) is 29.4 Å². The van der Waals surface area contributed by atoms with Gasteiger partial charge in [0.2, 0.25) is 11.1 Å². The Morgan fingerprint density at radius 1 is 1.22 bits per heavy atom. The van der Waals surface area contributed by atoms with Gasteiger partial charge in [0.05, 0.1) is 10.9 Å². The van der Waals surface area contributed by atoms with Crippen LogP contribution in [0.2, 0.25) is 0 Å². The molecule has 0 saturated heterocycles. The zero-order valence-electron chi connectivity index (χ0n) is 15.8. The van der Waals surface area contributed by atoms with E-state index in [1.807, 2.05) is 58.0 Å². The Morgan fingerprint density at radius 3 is 2.56 bits per heavy atom. The fourth-order valence-corrected chi connectivity index (χ4v) is 3.37. The zero-order valence-corrected chi connectivity index (χ0v) is 16.6. The van der Waals surface area contributed by atoms with Gasteiger partial charge in [-0.2, -0.15) is 5.10 Å². The number of hydrogen-bond acceptors (Lipinski definition) is 6. The van der Waals surface area contributed by atoms with E-state index in [-0.39, 0.29) is 11.2 Å². The maximum Gasteiger partial charge on any atom is 0.271 e. The molecule has 3 rings (SSSR count). The first-order valence-corrected chi connectivity index (χ1v) is 9.47. The molecule has 1 amide bonds. The highest BCUT2D eigenvalue weighted by Crippen LogP contribution is 2.22. The molecule has 0 radical (unpaired) electrons. The van der Waals surface area contributed by atoms with E-state index >= 15 is 0 Å². The predicted molar refractivity (Wildman–Crippen MR) is 105 cm³/mol. The average Bonchev–Trinajstić information content (AvgIpc) is 3.15. The maximum absolute atomic E-state index is 12.4. The number of benzene rings is 1. The number of thioether (sulfide) groups is 1. The fraction of sp³-hybridized carbons (Fsp3) is 0.333. The van der Waals surface area contributed by atoms with E-state index in [4.69, 9.17) is 5.84 Å². The third-order valence-electron chi connectivity index (χ3n) is 4.08. The van der Waals surface area contributed by atoms with Crippen molar-refractivity contribution in [1.82, 2.24) is 30.0 Å².